The molecular formula is C22H33N2O6S+. The largest absolute Gasteiger partial charge is 0.480 e. The molecule has 0 aliphatic rings. The Bertz CT molecular complexity index is 741. The Morgan fingerprint density at radius 1 is 1.10 bits per heavy atom. The van der Waals surface area contributed by atoms with E-state index < -0.39 is 30.1 Å². The molecule has 31 heavy (non-hydrogen) atoms. The molecule has 0 fully saturated rings. The van der Waals surface area contributed by atoms with E-state index in [0.717, 1.165) is 5.56 Å². The van der Waals surface area contributed by atoms with Crippen molar-refractivity contribution in [3.05, 3.63) is 35.9 Å². The van der Waals surface area contributed by atoms with Gasteiger partial charge in [-0.05, 0) is 28.8 Å². The van der Waals surface area contributed by atoms with E-state index in [1.54, 1.807) is 6.92 Å². The number of carbonyl (C=O) groups excluding carboxylic acids is 3. The predicted molar refractivity (Wildman–Crippen MR) is 121 cm³/mol. The Hall–Kier alpha value is -2.55. The van der Waals surface area contributed by atoms with Gasteiger partial charge in [0.1, 0.15) is 18.7 Å². The second-order valence-electron chi connectivity index (χ2n) is 7.68. The molecule has 0 heterocycles. The fourth-order valence-corrected chi connectivity index (χ4v) is 3.60. The van der Waals surface area contributed by atoms with Gasteiger partial charge in [-0.2, -0.15) is 0 Å². The summed E-state index contributed by atoms with van der Waals surface area (Å²) in [6, 6.07) is 6.95. The lowest BCUT2D eigenvalue weighted by atomic mass is 9.98. The summed E-state index contributed by atoms with van der Waals surface area (Å²) < 4.78 is 5.18. The molecule has 3 unspecified atom stereocenters. The number of carboxylic acids is 1. The van der Waals surface area contributed by atoms with Crippen molar-refractivity contribution in [2.45, 2.75) is 51.8 Å². The third-order valence-electron chi connectivity index (χ3n) is 4.76. The van der Waals surface area contributed by atoms with E-state index in [4.69, 9.17) is 4.74 Å². The van der Waals surface area contributed by atoms with E-state index in [1.807, 2.05) is 49.8 Å². The van der Waals surface area contributed by atoms with Gasteiger partial charge < -0.3 is 20.5 Å². The number of hydrogen-bond donors (Lipinski definition) is 3. The normalized spacial score (nSPS) is 13.7. The monoisotopic (exact) mass is 453 g/mol. The maximum absolute atomic E-state index is 12.8. The molecule has 3 N–H and O–H groups in total. The summed E-state index contributed by atoms with van der Waals surface area (Å²) in [6.07, 6.45) is 3.78. The van der Waals surface area contributed by atoms with Crippen LogP contribution in [-0.4, -0.2) is 59.2 Å². The summed E-state index contributed by atoms with van der Waals surface area (Å²) in [7, 11) is -0.0651. The quantitative estimate of drug-likeness (QED) is 0.393. The van der Waals surface area contributed by atoms with Crippen LogP contribution in [0, 0.1) is 5.92 Å². The molecule has 0 spiro atoms. The zero-order chi connectivity index (χ0) is 23.4. The minimum Gasteiger partial charge on any atom is -0.480 e. The Morgan fingerprint density at radius 2 is 1.74 bits per heavy atom. The number of nitrogens with one attached hydrogen (secondary N) is 2. The SMILES string of the molecule is CCC(C)C(NC(=O)OCc1ccccc1)C(=O)NC(CCC(=O)C[S+](C)C)C(=O)O. The van der Waals surface area contributed by atoms with Crippen molar-refractivity contribution in [3.63, 3.8) is 0 Å². The first-order chi connectivity index (χ1) is 14.6. The van der Waals surface area contributed by atoms with Crippen molar-refractivity contribution in [1.29, 1.82) is 0 Å². The first kappa shape index (κ1) is 26.5. The summed E-state index contributed by atoms with van der Waals surface area (Å²) in [6.45, 7) is 3.70. The third-order valence-corrected chi connectivity index (χ3v) is 5.66. The van der Waals surface area contributed by atoms with E-state index >= 15 is 0 Å². The van der Waals surface area contributed by atoms with Crippen LogP contribution in [0.15, 0.2) is 30.3 Å². The van der Waals surface area contributed by atoms with E-state index in [9.17, 15) is 24.3 Å². The number of benzene rings is 1. The van der Waals surface area contributed by atoms with Crippen molar-refractivity contribution < 1.29 is 29.0 Å². The predicted octanol–water partition coefficient (Wildman–Crippen LogP) is 2.12. The van der Waals surface area contributed by atoms with Crippen LogP contribution in [0.2, 0.25) is 0 Å². The molecule has 0 aromatic heterocycles. The van der Waals surface area contributed by atoms with Crippen LogP contribution in [0.25, 0.3) is 0 Å². The Labute approximate surface area is 186 Å². The van der Waals surface area contributed by atoms with Crippen molar-refractivity contribution in [2.24, 2.45) is 5.92 Å². The topological polar surface area (TPSA) is 122 Å². The Morgan fingerprint density at radius 3 is 2.29 bits per heavy atom. The fourth-order valence-electron chi connectivity index (χ4n) is 2.81. The maximum Gasteiger partial charge on any atom is 0.408 e. The minimum absolute atomic E-state index is 0.00276. The van der Waals surface area contributed by atoms with E-state index in [-0.39, 0.29) is 42.0 Å². The first-order valence-corrected chi connectivity index (χ1v) is 12.4. The van der Waals surface area contributed by atoms with Crippen LogP contribution in [0.5, 0.6) is 0 Å². The van der Waals surface area contributed by atoms with Gasteiger partial charge in [0.2, 0.25) is 5.91 Å². The highest BCUT2D eigenvalue weighted by atomic mass is 32.2. The average molecular weight is 454 g/mol. The molecule has 1 aromatic rings. The van der Waals surface area contributed by atoms with E-state index in [0.29, 0.717) is 12.2 Å². The van der Waals surface area contributed by atoms with Gasteiger partial charge in [0, 0.05) is 6.42 Å². The summed E-state index contributed by atoms with van der Waals surface area (Å²) in [4.78, 5) is 48.5. The molecule has 0 saturated heterocycles. The average Bonchev–Trinajstić information content (AvgIpc) is 2.72. The van der Waals surface area contributed by atoms with Crippen LogP contribution in [0.1, 0.15) is 38.7 Å². The zero-order valence-corrected chi connectivity index (χ0v) is 19.4. The molecule has 0 bridgehead atoms. The van der Waals surface area contributed by atoms with Crippen molar-refractivity contribution >= 4 is 34.6 Å². The number of Topliss-reactive ketones (excluding diaryl/α,β-unsaturated/α-hetero) is 1. The maximum atomic E-state index is 12.8. The van der Waals surface area contributed by atoms with Crippen LogP contribution in [0.4, 0.5) is 4.79 Å². The third kappa shape index (κ3) is 10.3. The van der Waals surface area contributed by atoms with Gasteiger partial charge in [-0.25, -0.2) is 9.59 Å². The molecule has 8 nitrogen and oxygen atoms in total. The van der Waals surface area contributed by atoms with E-state index in [2.05, 4.69) is 10.6 Å². The molecule has 172 valence electrons. The highest BCUT2D eigenvalue weighted by Gasteiger charge is 2.30. The number of amides is 2. The highest BCUT2D eigenvalue weighted by Crippen LogP contribution is 2.11. The fraction of sp³-hybridized carbons (Fsp3) is 0.545. The number of aliphatic carboxylic acids is 1. The number of ketones is 1. The number of alkyl carbamates (subject to hydrolysis) is 1. The molecule has 1 rings (SSSR count). The number of rotatable bonds is 13. The van der Waals surface area contributed by atoms with Crippen LogP contribution < -0.4 is 10.6 Å². The van der Waals surface area contributed by atoms with Gasteiger partial charge in [0.25, 0.3) is 0 Å². The van der Waals surface area contributed by atoms with Gasteiger partial charge in [0.15, 0.2) is 11.5 Å². The Kier molecular flexibility index (Phi) is 11.7. The molecular weight excluding hydrogens is 420 g/mol. The molecule has 3 atom stereocenters. The Balaban J connectivity index is 2.70. The lowest BCUT2D eigenvalue weighted by Gasteiger charge is -2.25. The van der Waals surface area contributed by atoms with Crippen molar-refractivity contribution in [3.8, 4) is 0 Å². The second-order valence-corrected chi connectivity index (χ2v) is 9.94. The molecule has 1 aromatic carbocycles. The van der Waals surface area contributed by atoms with Gasteiger partial charge in [0.05, 0.1) is 12.5 Å². The van der Waals surface area contributed by atoms with Gasteiger partial charge in [-0.1, -0.05) is 50.6 Å². The van der Waals surface area contributed by atoms with Crippen LogP contribution in [0.3, 0.4) is 0 Å². The highest BCUT2D eigenvalue weighted by molar-refractivity contribution is 7.96. The first-order valence-electron chi connectivity index (χ1n) is 10.2. The lowest BCUT2D eigenvalue weighted by molar-refractivity contribution is -0.142. The molecule has 0 radical (unpaired) electrons. The smallest absolute Gasteiger partial charge is 0.408 e. The molecule has 0 aliphatic heterocycles. The molecule has 0 aliphatic carbocycles. The summed E-state index contributed by atoms with van der Waals surface area (Å²) in [5.41, 5.74) is 0.805. The molecule has 0 saturated carbocycles. The molecule has 9 heteroatoms. The zero-order valence-electron chi connectivity index (χ0n) is 18.6. The standard InChI is InChI=1S/C22H32N2O6S/c1-5-15(2)19(24-22(29)30-13-16-9-7-6-8-10-16)20(26)23-18(21(27)28)12-11-17(25)14-31(3)4/h6-10,15,18-19H,5,11-14H2,1-4H3,(H2-,23,24,26,27,28,29)/p+1. The minimum atomic E-state index is -1.22. The lowest BCUT2D eigenvalue weighted by Crippen LogP contribution is -2.54. The summed E-state index contributed by atoms with van der Waals surface area (Å²) in [5, 5.41) is 14.5. The van der Waals surface area contributed by atoms with Gasteiger partial charge in [-0.15, -0.1) is 0 Å². The summed E-state index contributed by atoms with van der Waals surface area (Å²) in [5.74, 6) is -1.72. The number of hydrogen-bond acceptors (Lipinski definition) is 5. The van der Waals surface area contributed by atoms with Gasteiger partial charge in [-0.3, -0.25) is 9.59 Å². The summed E-state index contributed by atoms with van der Waals surface area (Å²) >= 11 is 0. The number of ether oxygens (including phenoxy) is 1. The number of carbonyl (C=O) groups is 4. The second kappa shape index (κ2) is 13.7. The van der Waals surface area contributed by atoms with Crippen molar-refractivity contribution in [1.82, 2.24) is 10.6 Å². The van der Waals surface area contributed by atoms with Gasteiger partial charge >= 0.3 is 12.1 Å². The number of carboxylic acid groups (broad SMARTS) is 1. The molecule has 2 amide bonds. The van der Waals surface area contributed by atoms with Crippen LogP contribution in [-0.2, 0) is 36.6 Å². The van der Waals surface area contributed by atoms with E-state index in [1.165, 1.54) is 0 Å². The van der Waals surface area contributed by atoms with Crippen molar-refractivity contribution in [2.75, 3.05) is 18.3 Å². The van der Waals surface area contributed by atoms with Crippen LogP contribution >= 0.6 is 0 Å².